The number of benzene rings is 2. The van der Waals surface area contributed by atoms with Gasteiger partial charge in [-0.25, -0.2) is 9.97 Å². The van der Waals surface area contributed by atoms with E-state index in [1.807, 2.05) is 19.1 Å². The molecule has 3 aromatic rings. The van der Waals surface area contributed by atoms with Gasteiger partial charge in [-0.2, -0.15) is 0 Å². The molecule has 5 nitrogen and oxygen atoms in total. The van der Waals surface area contributed by atoms with Crippen molar-refractivity contribution in [2.24, 2.45) is 0 Å². The van der Waals surface area contributed by atoms with Crippen molar-refractivity contribution in [2.75, 3.05) is 5.32 Å². The molecule has 0 saturated heterocycles. The van der Waals surface area contributed by atoms with Crippen LogP contribution in [0.25, 0.3) is 10.8 Å². The lowest BCUT2D eigenvalue weighted by molar-refractivity contribution is -0.145. The molecule has 2 atom stereocenters. The molecule has 3 rings (SSSR count). The minimum atomic E-state index is -0.542. The Balaban J connectivity index is 1.84. The molecule has 0 spiro atoms. The Morgan fingerprint density at radius 1 is 1.12 bits per heavy atom. The maximum atomic E-state index is 11.2. The van der Waals surface area contributed by atoms with Gasteiger partial charge in [0.2, 0.25) is 0 Å². The molecule has 0 fully saturated rings. The number of fused-ring (bicyclic) bond motifs is 1. The van der Waals surface area contributed by atoms with Crippen LogP contribution in [-0.2, 0) is 9.53 Å². The van der Waals surface area contributed by atoms with Gasteiger partial charge in [0.25, 0.3) is 0 Å². The number of rotatable bonds is 5. The van der Waals surface area contributed by atoms with Gasteiger partial charge < -0.3 is 10.1 Å². The average molecular weight is 370 g/mol. The Hall–Kier alpha value is -2.66. The molecule has 0 aliphatic carbocycles. The first-order valence-electron chi connectivity index (χ1n) is 8.38. The number of hydrogen-bond donors (Lipinski definition) is 1. The normalized spacial score (nSPS) is 13.2. The third-order valence-corrected chi connectivity index (χ3v) is 4.54. The highest BCUT2D eigenvalue weighted by molar-refractivity contribution is 6.33. The van der Waals surface area contributed by atoms with Crippen molar-refractivity contribution in [1.29, 1.82) is 0 Å². The van der Waals surface area contributed by atoms with Gasteiger partial charge in [0.1, 0.15) is 29.0 Å². The van der Waals surface area contributed by atoms with Gasteiger partial charge in [0, 0.05) is 6.92 Å². The lowest BCUT2D eigenvalue weighted by Crippen LogP contribution is -2.12. The molecule has 0 bridgehead atoms. The Labute approximate surface area is 157 Å². The number of halogens is 1. The highest BCUT2D eigenvalue weighted by Gasteiger charge is 2.19. The largest absolute Gasteiger partial charge is 0.456 e. The van der Waals surface area contributed by atoms with Gasteiger partial charge in [-0.15, -0.1) is 0 Å². The van der Waals surface area contributed by atoms with Gasteiger partial charge in [0.05, 0.1) is 6.04 Å². The van der Waals surface area contributed by atoms with Crippen LogP contribution in [0.3, 0.4) is 0 Å². The molecule has 2 unspecified atom stereocenters. The highest BCUT2D eigenvalue weighted by atomic mass is 35.5. The third kappa shape index (κ3) is 3.94. The van der Waals surface area contributed by atoms with Crippen molar-refractivity contribution in [3.63, 3.8) is 0 Å². The van der Waals surface area contributed by atoms with Crippen molar-refractivity contribution in [2.45, 2.75) is 32.9 Å². The van der Waals surface area contributed by atoms with Crippen molar-refractivity contribution < 1.29 is 9.53 Å². The van der Waals surface area contributed by atoms with E-state index in [0.29, 0.717) is 16.5 Å². The Kier molecular flexibility index (Phi) is 5.38. The lowest BCUT2D eigenvalue weighted by atomic mass is 10.0. The maximum Gasteiger partial charge on any atom is 0.303 e. The van der Waals surface area contributed by atoms with Crippen LogP contribution < -0.4 is 5.32 Å². The number of aromatic nitrogens is 2. The molecule has 1 aromatic heterocycles. The fraction of sp³-hybridized carbons (Fsp3) is 0.250. The summed E-state index contributed by atoms with van der Waals surface area (Å²) in [5, 5.41) is 6.04. The van der Waals surface area contributed by atoms with E-state index >= 15 is 0 Å². The van der Waals surface area contributed by atoms with E-state index in [4.69, 9.17) is 16.3 Å². The summed E-state index contributed by atoms with van der Waals surface area (Å²) in [4.78, 5) is 19.6. The van der Waals surface area contributed by atoms with Crippen LogP contribution in [0.5, 0.6) is 0 Å². The lowest BCUT2D eigenvalue weighted by Gasteiger charge is -2.19. The summed E-state index contributed by atoms with van der Waals surface area (Å²) in [5.74, 6) is 0.127. The van der Waals surface area contributed by atoms with Gasteiger partial charge in [-0.05, 0) is 36.2 Å². The van der Waals surface area contributed by atoms with E-state index in [2.05, 4.69) is 45.6 Å². The second-order valence-electron chi connectivity index (χ2n) is 6.15. The zero-order chi connectivity index (χ0) is 18.7. The van der Waals surface area contributed by atoms with Crippen LogP contribution in [0.1, 0.15) is 44.2 Å². The first kappa shape index (κ1) is 18.1. The maximum absolute atomic E-state index is 11.2. The summed E-state index contributed by atoms with van der Waals surface area (Å²) in [6.45, 7) is 5.12. The summed E-state index contributed by atoms with van der Waals surface area (Å²) in [6, 6.07) is 14.5. The van der Waals surface area contributed by atoms with Crippen molar-refractivity contribution in [3.05, 3.63) is 65.1 Å². The molecule has 26 heavy (non-hydrogen) atoms. The van der Waals surface area contributed by atoms with E-state index in [0.717, 1.165) is 5.56 Å². The first-order chi connectivity index (χ1) is 12.5. The highest BCUT2D eigenvalue weighted by Crippen LogP contribution is 2.31. The van der Waals surface area contributed by atoms with Crippen molar-refractivity contribution in [1.82, 2.24) is 9.97 Å². The SMILES string of the molecule is CC(=O)OC(C)c1ncnc(NC(C)c2ccc3ccccc3c2)c1Cl. The second kappa shape index (κ2) is 7.70. The summed E-state index contributed by atoms with van der Waals surface area (Å²) >= 11 is 6.43. The second-order valence-corrected chi connectivity index (χ2v) is 6.52. The van der Waals surface area contributed by atoms with E-state index in [1.165, 1.54) is 24.0 Å². The van der Waals surface area contributed by atoms with Crippen LogP contribution in [0.2, 0.25) is 5.02 Å². The summed E-state index contributed by atoms with van der Waals surface area (Å²) < 4.78 is 5.17. The zero-order valence-corrected chi connectivity index (χ0v) is 15.6. The predicted octanol–water partition coefficient (Wildman–Crippen LogP) is 5.08. The van der Waals surface area contributed by atoms with E-state index in [-0.39, 0.29) is 12.0 Å². The van der Waals surface area contributed by atoms with E-state index in [9.17, 15) is 4.79 Å². The van der Waals surface area contributed by atoms with E-state index in [1.54, 1.807) is 6.92 Å². The third-order valence-electron chi connectivity index (χ3n) is 4.17. The van der Waals surface area contributed by atoms with Crippen LogP contribution in [0.15, 0.2) is 48.8 Å². The minimum Gasteiger partial charge on any atom is -0.456 e. The van der Waals surface area contributed by atoms with E-state index < -0.39 is 6.10 Å². The molecule has 0 saturated carbocycles. The van der Waals surface area contributed by atoms with Crippen LogP contribution in [0, 0.1) is 0 Å². The Morgan fingerprint density at radius 2 is 1.85 bits per heavy atom. The summed E-state index contributed by atoms with van der Waals surface area (Å²) in [6.07, 6.45) is 0.871. The smallest absolute Gasteiger partial charge is 0.303 e. The number of nitrogens with zero attached hydrogens (tertiary/aromatic N) is 2. The van der Waals surface area contributed by atoms with Crippen LogP contribution in [0.4, 0.5) is 5.82 Å². The molecule has 134 valence electrons. The monoisotopic (exact) mass is 369 g/mol. The molecular weight excluding hydrogens is 350 g/mol. The Morgan fingerprint density at radius 3 is 2.58 bits per heavy atom. The fourth-order valence-corrected chi connectivity index (χ4v) is 3.14. The minimum absolute atomic E-state index is 0.0103. The first-order valence-corrected chi connectivity index (χ1v) is 8.76. The molecule has 1 N–H and O–H groups in total. The molecular formula is C20H20ClN3O2. The number of carbonyl (C=O) groups excluding carboxylic acids is 1. The summed E-state index contributed by atoms with van der Waals surface area (Å²) in [7, 11) is 0. The van der Waals surface area contributed by atoms with Gasteiger partial charge in [-0.1, -0.05) is 48.0 Å². The fourth-order valence-electron chi connectivity index (χ4n) is 2.84. The summed E-state index contributed by atoms with van der Waals surface area (Å²) in [5.41, 5.74) is 1.60. The standard InChI is InChI=1S/C20H20ClN3O2/c1-12(16-9-8-15-6-4-5-7-17(15)10-16)24-20-18(21)19(22-11-23-20)13(2)26-14(3)25/h4-13H,1-3H3,(H,22,23,24). The van der Waals surface area contributed by atoms with Gasteiger partial charge >= 0.3 is 5.97 Å². The average Bonchev–Trinajstić information content (AvgIpc) is 2.62. The van der Waals surface area contributed by atoms with Gasteiger partial charge in [0.15, 0.2) is 0 Å². The topological polar surface area (TPSA) is 64.1 Å². The number of nitrogens with one attached hydrogen (secondary N) is 1. The van der Waals surface area contributed by atoms with Gasteiger partial charge in [-0.3, -0.25) is 4.79 Å². The number of ether oxygens (including phenoxy) is 1. The molecule has 0 aliphatic heterocycles. The van der Waals surface area contributed by atoms with Crippen molar-refractivity contribution in [3.8, 4) is 0 Å². The molecule has 0 aliphatic rings. The molecule has 6 heteroatoms. The molecule has 0 radical (unpaired) electrons. The predicted molar refractivity (Wildman–Crippen MR) is 103 cm³/mol. The Bertz CT molecular complexity index is 945. The van der Waals surface area contributed by atoms with Crippen LogP contribution in [-0.4, -0.2) is 15.9 Å². The number of esters is 1. The number of anilines is 1. The quantitative estimate of drug-likeness (QED) is 0.635. The van der Waals surface area contributed by atoms with Crippen LogP contribution >= 0.6 is 11.6 Å². The molecule has 1 heterocycles. The molecule has 2 aromatic carbocycles. The number of carbonyl (C=O) groups is 1. The molecule has 0 amide bonds. The van der Waals surface area contributed by atoms with Crippen molar-refractivity contribution >= 4 is 34.2 Å². The zero-order valence-electron chi connectivity index (χ0n) is 14.9. The number of hydrogen-bond acceptors (Lipinski definition) is 5.